The number of ether oxygens (including phenoxy) is 1. The number of nitrogens with zero attached hydrogens (tertiary/aromatic N) is 1. The molecule has 0 bridgehead atoms. The summed E-state index contributed by atoms with van der Waals surface area (Å²) in [6.45, 7) is 9.61. The molecule has 0 spiro atoms. The molecule has 0 saturated carbocycles. The molecule has 2 aliphatic rings. The zero-order chi connectivity index (χ0) is 18.4. The molecule has 3 rings (SSSR count). The van der Waals surface area contributed by atoms with Gasteiger partial charge in [0.05, 0.1) is 17.6 Å². The normalized spacial score (nSPS) is 20.4. The van der Waals surface area contributed by atoms with Crippen molar-refractivity contribution in [3.63, 3.8) is 0 Å². The molecule has 0 aliphatic carbocycles. The van der Waals surface area contributed by atoms with Crippen LogP contribution < -0.4 is 15.0 Å². The van der Waals surface area contributed by atoms with Crippen LogP contribution in [0, 0.1) is 0 Å². The zero-order valence-corrected chi connectivity index (χ0v) is 16.7. The van der Waals surface area contributed by atoms with E-state index in [0.29, 0.717) is 9.23 Å². The summed E-state index contributed by atoms with van der Waals surface area (Å²) >= 11 is 6.35. The van der Waals surface area contributed by atoms with Crippen LogP contribution >= 0.6 is 24.0 Å². The molecule has 0 radical (unpaired) electrons. The van der Waals surface area contributed by atoms with Crippen molar-refractivity contribution in [2.24, 2.45) is 0 Å². The van der Waals surface area contributed by atoms with E-state index in [4.69, 9.17) is 17.0 Å². The number of carbonyl (C=O) groups excluding carboxylic acids is 1. The predicted molar refractivity (Wildman–Crippen MR) is 110 cm³/mol. The maximum atomic E-state index is 12.0. The Morgan fingerprint density at radius 3 is 2.68 bits per heavy atom. The van der Waals surface area contributed by atoms with Gasteiger partial charge in [-0.15, -0.1) is 0 Å². The Morgan fingerprint density at radius 2 is 2.12 bits per heavy atom. The molecule has 1 aromatic carbocycles. The SMILES string of the molecule is CCN1c2cc(OC)c(/C=C3\SC(=S)NC3=O)cc2C(C)=CC1(C)C. The van der Waals surface area contributed by atoms with Gasteiger partial charge in [-0.25, -0.2) is 0 Å². The minimum absolute atomic E-state index is 0.0514. The number of nitrogens with one attached hydrogen (secondary N) is 1. The molecule has 1 N–H and O–H groups in total. The Morgan fingerprint density at radius 1 is 1.40 bits per heavy atom. The van der Waals surface area contributed by atoms with Gasteiger partial charge in [0.15, 0.2) is 0 Å². The molecule has 4 nitrogen and oxygen atoms in total. The van der Waals surface area contributed by atoms with E-state index in [1.54, 1.807) is 7.11 Å². The Balaban J connectivity index is 2.15. The lowest BCUT2D eigenvalue weighted by Gasteiger charge is -2.43. The molecule has 1 amide bonds. The number of likely N-dealkylation sites (N-methyl/N-ethyl adjacent to an activating group) is 1. The maximum absolute atomic E-state index is 12.0. The number of methoxy groups -OCH3 is 1. The first-order valence-electron chi connectivity index (χ1n) is 8.21. The van der Waals surface area contributed by atoms with Gasteiger partial charge in [0.25, 0.3) is 5.91 Å². The highest BCUT2D eigenvalue weighted by atomic mass is 32.2. The zero-order valence-electron chi connectivity index (χ0n) is 15.1. The van der Waals surface area contributed by atoms with E-state index >= 15 is 0 Å². The lowest BCUT2D eigenvalue weighted by Crippen LogP contribution is -2.44. The van der Waals surface area contributed by atoms with E-state index in [2.05, 4.69) is 56.1 Å². The third kappa shape index (κ3) is 3.20. The topological polar surface area (TPSA) is 41.6 Å². The molecule has 132 valence electrons. The van der Waals surface area contributed by atoms with E-state index in [1.807, 2.05) is 6.08 Å². The van der Waals surface area contributed by atoms with E-state index in [0.717, 1.165) is 23.5 Å². The second-order valence-electron chi connectivity index (χ2n) is 6.69. The average Bonchev–Trinajstić information content (AvgIpc) is 2.84. The number of allylic oxidation sites excluding steroid dienone is 1. The molecule has 2 heterocycles. The van der Waals surface area contributed by atoms with Gasteiger partial charge in [0.1, 0.15) is 10.1 Å². The van der Waals surface area contributed by atoms with Crippen LogP contribution in [-0.2, 0) is 4.79 Å². The largest absolute Gasteiger partial charge is 0.496 e. The fourth-order valence-electron chi connectivity index (χ4n) is 3.55. The molecule has 0 aromatic heterocycles. The van der Waals surface area contributed by atoms with E-state index < -0.39 is 0 Å². The lowest BCUT2D eigenvalue weighted by atomic mass is 9.87. The Hall–Kier alpha value is -1.79. The first-order chi connectivity index (χ1) is 11.8. The number of benzene rings is 1. The highest BCUT2D eigenvalue weighted by Crippen LogP contribution is 2.43. The van der Waals surface area contributed by atoms with Crippen LogP contribution in [0.3, 0.4) is 0 Å². The van der Waals surface area contributed by atoms with Gasteiger partial charge < -0.3 is 15.0 Å². The quantitative estimate of drug-likeness (QED) is 0.634. The van der Waals surface area contributed by atoms with Gasteiger partial charge in [0, 0.05) is 29.4 Å². The van der Waals surface area contributed by atoms with Crippen molar-refractivity contribution in [1.82, 2.24) is 5.32 Å². The number of thioether (sulfide) groups is 1. The summed E-state index contributed by atoms with van der Waals surface area (Å²) in [5.41, 5.74) is 4.38. The van der Waals surface area contributed by atoms with Crippen LogP contribution in [0.5, 0.6) is 5.75 Å². The smallest absolute Gasteiger partial charge is 0.263 e. The van der Waals surface area contributed by atoms with Crippen LogP contribution in [0.2, 0.25) is 0 Å². The van der Waals surface area contributed by atoms with Crippen molar-refractivity contribution < 1.29 is 9.53 Å². The van der Waals surface area contributed by atoms with Crippen LogP contribution in [0.1, 0.15) is 38.8 Å². The Bertz CT molecular complexity index is 825. The predicted octanol–water partition coefficient (Wildman–Crippen LogP) is 4.21. The summed E-state index contributed by atoms with van der Waals surface area (Å²) in [6.07, 6.45) is 4.14. The summed E-state index contributed by atoms with van der Waals surface area (Å²) in [6, 6.07) is 4.17. The van der Waals surface area contributed by atoms with Crippen LogP contribution in [-0.4, -0.2) is 29.4 Å². The van der Waals surface area contributed by atoms with Gasteiger partial charge in [-0.3, -0.25) is 4.79 Å². The van der Waals surface area contributed by atoms with Crippen molar-refractivity contribution in [3.05, 3.63) is 34.2 Å². The molecule has 6 heteroatoms. The van der Waals surface area contributed by atoms with Crippen molar-refractivity contribution in [2.75, 3.05) is 18.6 Å². The van der Waals surface area contributed by atoms with Crippen molar-refractivity contribution in [3.8, 4) is 5.75 Å². The van der Waals surface area contributed by atoms with Gasteiger partial charge in [-0.05, 0) is 45.4 Å². The van der Waals surface area contributed by atoms with Crippen molar-refractivity contribution in [1.29, 1.82) is 0 Å². The molecule has 1 fully saturated rings. The number of thiocarbonyl (C=S) groups is 1. The minimum Gasteiger partial charge on any atom is -0.496 e. The van der Waals surface area contributed by atoms with E-state index in [-0.39, 0.29) is 11.4 Å². The summed E-state index contributed by atoms with van der Waals surface area (Å²) in [7, 11) is 1.66. The molecule has 1 saturated heterocycles. The average molecular weight is 375 g/mol. The molecule has 25 heavy (non-hydrogen) atoms. The summed E-state index contributed by atoms with van der Waals surface area (Å²) in [4.78, 5) is 14.9. The van der Waals surface area contributed by atoms with Crippen molar-refractivity contribution >= 4 is 51.5 Å². The second kappa shape index (κ2) is 6.50. The minimum atomic E-state index is -0.154. The standard InChI is InChI=1S/C19H22N2O2S2/c1-6-21-14-9-15(23-5)12(8-16-17(22)20-18(24)25-16)7-13(14)11(2)10-19(21,3)4/h7-10H,6H2,1-5H3,(H,20,22,24)/b16-8-. The molecular weight excluding hydrogens is 352 g/mol. The number of hydrogen-bond donors (Lipinski definition) is 1. The first-order valence-corrected chi connectivity index (χ1v) is 9.43. The third-order valence-corrected chi connectivity index (χ3v) is 5.74. The van der Waals surface area contributed by atoms with Crippen molar-refractivity contribution in [2.45, 2.75) is 33.2 Å². The highest BCUT2D eigenvalue weighted by molar-refractivity contribution is 8.26. The van der Waals surface area contributed by atoms with Gasteiger partial charge >= 0.3 is 0 Å². The summed E-state index contributed by atoms with van der Waals surface area (Å²) < 4.78 is 6.10. The van der Waals surface area contributed by atoms with Gasteiger partial charge in [0.2, 0.25) is 0 Å². The first kappa shape index (κ1) is 18.0. The molecule has 1 aromatic rings. The number of anilines is 1. The second-order valence-corrected chi connectivity index (χ2v) is 8.41. The fourth-order valence-corrected chi connectivity index (χ4v) is 4.59. The fraction of sp³-hybridized carbons (Fsp3) is 0.368. The Labute approximate surface area is 158 Å². The molecule has 0 unspecified atom stereocenters. The van der Waals surface area contributed by atoms with E-state index in [1.165, 1.54) is 22.9 Å². The molecular formula is C19H22N2O2S2. The maximum Gasteiger partial charge on any atom is 0.263 e. The Kier molecular flexibility index (Phi) is 4.68. The van der Waals surface area contributed by atoms with E-state index in [9.17, 15) is 4.79 Å². The van der Waals surface area contributed by atoms with Crippen LogP contribution in [0.4, 0.5) is 5.69 Å². The van der Waals surface area contributed by atoms with Crippen LogP contribution in [0.25, 0.3) is 11.6 Å². The number of hydrogen-bond acceptors (Lipinski definition) is 5. The number of carbonyl (C=O) groups is 1. The van der Waals surface area contributed by atoms with Crippen LogP contribution in [0.15, 0.2) is 23.1 Å². The number of fused-ring (bicyclic) bond motifs is 1. The summed E-state index contributed by atoms with van der Waals surface area (Å²) in [5.74, 6) is 0.597. The lowest BCUT2D eigenvalue weighted by molar-refractivity contribution is -0.115. The summed E-state index contributed by atoms with van der Waals surface area (Å²) in [5, 5.41) is 2.65. The number of rotatable bonds is 3. The third-order valence-electron chi connectivity index (χ3n) is 4.57. The number of amides is 1. The molecule has 2 aliphatic heterocycles. The van der Waals surface area contributed by atoms with Gasteiger partial charge in [-0.2, -0.15) is 0 Å². The highest BCUT2D eigenvalue weighted by Gasteiger charge is 2.31. The molecule has 0 atom stereocenters. The van der Waals surface area contributed by atoms with Gasteiger partial charge in [-0.1, -0.05) is 30.1 Å². The monoisotopic (exact) mass is 374 g/mol.